The van der Waals surface area contributed by atoms with Crippen LogP contribution in [-0.4, -0.2) is 10.7 Å². The van der Waals surface area contributed by atoms with Gasteiger partial charge in [-0.3, -0.25) is 4.79 Å². The summed E-state index contributed by atoms with van der Waals surface area (Å²) in [6.07, 6.45) is 0. The number of nitrogens with one attached hydrogen (secondary N) is 1. The molecule has 0 saturated carbocycles. The number of carbonyl (C=O) groups excluding carboxylic acids is 1. The lowest BCUT2D eigenvalue weighted by Gasteiger charge is -2.10. The van der Waals surface area contributed by atoms with Crippen molar-refractivity contribution in [3.63, 3.8) is 0 Å². The quantitative estimate of drug-likeness (QED) is 0.809. The number of rotatable bonds is 2. The minimum Gasteiger partial charge on any atom is -0.325 e. The van der Waals surface area contributed by atoms with Crippen molar-refractivity contribution in [1.29, 1.82) is 0 Å². The van der Waals surface area contributed by atoms with Crippen LogP contribution < -0.4 is 5.32 Å². The highest BCUT2D eigenvalue weighted by atomic mass is 79.9. The summed E-state index contributed by atoms with van der Waals surface area (Å²) in [4.78, 5) is 11.3. The lowest BCUT2D eigenvalue weighted by atomic mass is 10.1. The van der Waals surface area contributed by atoms with Crippen LogP contribution in [0, 0.1) is 13.8 Å². The third kappa shape index (κ3) is 2.84. The zero-order valence-corrected chi connectivity index (χ0v) is 10.2. The molecule has 0 saturated heterocycles. The Bertz CT molecular complexity index is 347. The highest BCUT2D eigenvalue weighted by Crippen LogP contribution is 2.17. The number of amides is 1. The van der Waals surface area contributed by atoms with Crippen LogP contribution in [0.4, 0.5) is 5.69 Å². The lowest BCUT2D eigenvalue weighted by molar-refractivity contribution is -0.115. The third-order valence-corrected chi connectivity index (χ3v) is 2.43. The van der Waals surface area contributed by atoms with Crippen LogP contribution in [0.2, 0.25) is 0 Å². The molecule has 14 heavy (non-hydrogen) atoms. The number of hydrogen-bond acceptors (Lipinski definition) is 1. The van der Waals surface area contributed by atoms with Crippen molar-refractivity contribution >= 4 is 27.5 Å². The van der Waals surface area contributed by atoms with Gasteiger partial charge in [-0.1, -0.05) is 28.1 Å². The molecule has 0 spiro atoms. The topological polar surface area (TPSA) is 29.1 Å². The molecule has 0 aromatic heterocycles. The van der Waals surface area contributed by atoms with E-state index >= 15 is 0 Å². The standard InChI is InChI=1S/C11H14BrNO/c1-7-4-5-8(2)10(6-7)13-11(14)9(3)12/h4-6,9H,1-3H3,(H,13,14)/t9-/m1/s1. The van der Waals surface area contributed by atoms with Gasteiger partial charge in [0.2, 0.25) is 5.91 Å². The Morgan fingerprint density at radius 3 is 2.64 bits per heavy atom. The summed E-state index contributed by atoms with van der Waals surface area (Å²) in [7, 11) is 0. The molecule has 0 aliphatic heterocycles. The van der Waals surface area contributed by atoms with E-state index in [-0.39, 0.29) is 10.7 Å². The van der Waals surface area contributed by atoms with Gasteiger partial charge in [0.1, 0.15) is 0 Å². The predicted molar refractivity (Wildman–Crippen MR) is 62.9 cm³/mol. The number of aryl methyl sites for hydroxylation is 2. The SMILES string of the molecule is Cc1ccc(C)c(NC(=O)[C@@H](C)Br)c1. The fourth-order valence-corrected chi connectivity index (χ4v) is 1.22. The number of alkyl halides is 1. The van der Waals surface area contributed by atoms with Gasteiger partial charge in [-0.2, -0.15) is 0 Å². The maximum absolute atomic E-state index is 11.4. The van der Waals surface area contributed by atoms with Gasteiger partial charge in [-0.05, 0) is 38.0 Å². The minimum atomic E-state index is -0.164. The summed E-state index contributed by atoms with van der Waals surface area (Å²) in [6, 6.07) is 6.01. The maximum Gasteiger partial charge on any atom is 0.237 e. The summed E-state index contributed by atoms with van der Waals surface area (Å²) in [5, 5.41) is 2.86. The number of benzene rings is 1. The molecule has 1 N–H and O–H groups in total. The van der Waals surface area contributed by atoms with Crippen molar-refractivity contribution in [2.75, 3.05) is 5.32 Å². The molecular formula is C11H14BrNO. The van der Waals surface area contributed by atoms with Crippen LogP contribution in [0.3, 0.4) is 0 Å². The van der Waals surface area contributed by atoms with Crippen molar-refractivity contribution in [2.45, 2.75) is 25.6 Å². The molecule has 0 aliphatic rings. The zero-order chi connectivity index (χ0) is 10.7. The molecule has 0 aliphatic carbocycles. The Hall–Kier alpha value is -0.830. The Kier molecular flexibility index (Phi) is 3.69. The molecule has 1 amide bonds. The Labute approximate surface area is 92.8 Å². The van der Waals surface area contributed by atoms with E-state index in [2.05, 4.69) is 21.2 Å². The summed E-state index contributed by atoms with van der Waals surface area (Å²) in [5.74, 6) is -0.0151. The Morgan fingerprint density at radius 2 is 2.07 bits per heavy atom. The molecule has 0 unspecified atom stereocenters. The average molecular weight is 256 g/mol. The van der Waals surface area contributed by atoms with E-state index in [1.807, 2.05) is 32.0 Å². The molecule has 0 bridgehead atoms. The second-order valence-electron chi connectivity index (χ2n) is 3.42. The minimum absolute atomic E-state index is 0.0151. The molecule has 1 rings (SSSR count). The number of halogens is 1. The second-order valence-corrected chi connectivity index (χ2v) is 4.80. The first-order chi connectivity index (χ1) is 6.50. The fourth-order valence-electron chi connectivity index (χ4n) is 1.10. The van der Waals surface area contributed by atoms with E-state index < -0.39 is 0 Å². The third-order valence-electron chi connectivity index (χ3n) is 2.01. The van der Waals surface area contributed by atoms with Crippen LogP contribution in [0.25, 0.3) is 0 Å². The molecule has 1 aromatic rings. The molecule has 3 heteroatoms. The molecular weight excluding hydrogens is 242 g/mol. The van der Waals surface area contributed by atoms with Gasteiger partial charge in [0.15, 0.2) is 0 Å². The van der Waals surface area contributed by atoms with Crippen LogP contribution in [0.1, 0.15) is 18.1 Å². The molecule has 0 heterocycles. The number of anilines is 1. The lowest BCUT2D eigenvalue weighted by Crippen LogP contribution is -2.20. The second kappa shape index (κ2) is 4.60. The van der Waals surface area contributed by atoms with Crippen molar-refractivity contribution in [3.05, 3.63) is 29.3 Å². The van der Waals surface area contributed by atoms with E-state index in [0.29, 0.717) is 0 Å². The van der Waals surface area contributed by atoms with Crippen LogP contribution >= 0.6 is 15.9 Å². The number of hydrogen-bond donors (Lipinski definition) is 1. The molecule has 76 valence electrons. The highest BCUT2D eigenvalue weighted by molar-refractivity contribution is 9.10. The zero-order valence-electron chi connectivity index (χ0n) is 8.60. The van der Waals surface area contributed by atoms with E-state index in [9.17, 15) is 4.79 Å². The van der Waals surface area contributed by atoms with Gasteiger partial charge in [0, 0.05) is 5.69 Å². The summed E-state index contributed by atoms with van der Waals surface area (Å²) in [5.41, 5.74) is 3.12. The van der Waals surface area contributed by atoms with Crippen molar-refractivity contribution in [3.8, 4) is 0 Å². The molecule has 0 radical (unpaired) electrons. The van der Waals surface area contributed by atoms with Gasteiger partial charge in [0.05, 0.1) is 4.83 Å². The first-order valence-electron chi connectivity index (χ1n) is 4.53. The Morgan fingerprint density at radius 1 is 1.43 bits per heavy atom. The smallest absolute Gasteiger partial charge is 0.237 e. The summed E-state index contributed by atoms with van der Waals surface area (Å²) >= 11 is 3.23. The first kappa shape index (κ1) is 11.2. The fraction of sp³-hybridized carbons (Fsp3) is 0.364. The van der Waals surface area contributed by atoms with Crippen molar-refractivity contribution < 1.29 is 4.79 Å². The molecule has 0 fully saturated rings. The summed E-state index contributed by atoms with van der Waals surface area (Å²) < 4.78 is 0. The van der Waals surface area contributed by atoms with Crippen molar-refractivity contribution in [1.82, 2.24) is 0 Å². The van der Waals surface area contributed by atoms with Gasteiger partial charge in [-0.15, -0.1) is 0 Å². The van der Waals surface area contributed by atoms with Gasteiger partial charge in [-0.25, -0.2) is 0 Å². The van der Waals surface area contributed by atoms with Gasteiger partial charge < -0.3 is 5.32 Å². The van der Waals surface area contributed by atoms with Crippen LogP contribution in [0.15, 0.2) is 18.2 Å². The van der Waals surface area contributed by atoms with E-state index in [4.69, 9.17) is 0 Å². The number of carbonyl (C=O) groups is 1. The average Bonchev–Trinajstić information content (AvgIpc) is 2.11. The van der Waals surface area contributed by atoms with Crippen LogP contribution in [-0.2, 0) is 4.79 Å². The van der Waals surface area contributed by atoms with Gasteiger partial charge in [0.25, 0.3) is 0 Å². The first-order valence-corrected chi connectivity index (χ1v) is 5.44. The monoisotopic (exact) mass is 255 g/mol. The molecule has 1 atom stereocenters. The molecule has 2 nitrogen and oxygen atoms in total. The van der Waals surface area contributed by atoms with Crippen molar-refractivity contribution in [2.24, 2.45) is 0 Å². The maximum atomic E-state index is 11.4. The van der Waals surface area contributed by atoms with E-state index in [1.165, 1.54) is 0 Å². The molecule has 1 aromatic carbocycles. The van der Waals surface area contributed by atoms with Crippen LogP contribution in [0.5, 0.6) is 0 Å². The predicted octanol–water partition coefficient (Wildman–Crippen LogP) is 3.03. The van der Waals surface area contributed by atoms with Gasteiger partial charge >= 0.3 is 0 Å². The Balaban J connectivity index is 2.86. The highest BCUT2D eigenvalue weighted by Gasteiger charge is 2.09. The largest absolute Gasteiger partial charge is 0.325 e. The normalized spacial score (nSPS) is 12.3. The summed E-state index contributed by atoms with van der Waals surface area (Å²) in [6.45, 7) is 5.79. The van der Waals surface area contributed by atoms with E-state index in [0.717, 1.165) is 16.8 Å². The van der Waals surface area contributed by atoms with E-state index in [1.54, 1.807) is 6.92 Å².